The Morgan fingerprint density at radius 3 is 2.70 bits per heavy atom. The van der Waals surface area contributed by atoms with Crippen LogP contribution in [0.25, 0.3) is 11.0 Å². The summed E-state index contributed by atoms with van der Waals surface area (Å²) < 4.78 is 19.1. The Kier molecular flexibility index (Phi) is 3.40. The van der Waals surface area contributed by atoms with E-state index in [4.69, 9.17) is 4.42 Å². The highest BCUT2D eigenvalue weighted by Crippen LogP contribution is 2.23. The molecule has 0 aliphatic rings. The lowest BCUT2D eigenvalue weighted by Crippen LogP contribution is -2.02. The molecule has 2 aromatic carbocycles. The minimum atomic E-state index is -0.336. The van der Waals surface area contributed by atoms with Gasteiger partial charge in [0, 0.05) is 16.3 Å². The molecule has 1 aromatic heterocycles. The van der Waals surface area contributed by atoms with E-state index in [1.165, 1.54) is 12.1 Å². The number of ketones is 1. The highest BCUT2D eigenvalue weighted by Gasteiger charge is 2.14. The summed E-state index contributed by atoms with van der Waals surface area (Å²) in [6.07, 6.45) is 0.167. The van der Waals surface area contributed by atoms with Crippen LogP contribution in [-0.4, -0.2) is 5.78 Å². The van der Waals surface area contributed by atoms with Crippen LogP contribution in [0, 0.1) is 5.82 Å². The molecule has 0 aliphatic heterocycles. The number of rotatable bonds is 3. The maximum atomic E-state index is 13.0. The SMILES string of the molecule is O=C(Cc1ccc(F)cc1Br)c1cc2ccccc2o1. The second kappa shape index (κ2) is 5.21. The van der Waals surface area contributed by atoms with Crippen LogP contribution in [0.15, 0.2) is 57.4 Å². The van der Waals surface area contributed by atoms with E-state index in [1.807, 2.05) is 24.3 Å². The molecule has 0 bridgehead atoms. The van der Waals surface area contributed by atoms with Crippen molar-refractivity contribution in [3.05, 3.63) is 70.1 Å². The topological polar surface area (TPSA) is 30.2 Å². The molecule has 4 heteroatoms. The number of hydrogen-bond acceptors (Lipinski definition) is 2. The molecule has 0 unspecified atom stereocenters. The van der Waals surface area contributed by atoms with Gasteiger partial charge in [-0.3, -0.25) is 4.79 Å². The number of hydrogen-bond donors (Lipinski definition) is 0. The van der Waals surface area contributed by atoms with Gasteiger partial charge in [0.25, 0.3) is 0 Å². The highest BCUT2D eigenvalue weighted by molar-refractivity contribution is 9.10. The summed E-state index contributed by atoms with van der Waals surface area (Å²) in [5.41, 5.74) is 1.42. The van der Waals surface area contributed by atoms with Gasteiger partial charge in [0.2, 0.25) is 5.78 Å². The molecule has 0 aliphatic carbocycles. The lowest BCUT2D eigenvalue weighted by atomic mass is 10.1. The van der Waals surface area contributed by atoms with Crippen molar-refractivity contribution in [2.24, 2.45) is 0 Å². The Labute approximate surface area is 123 Å². The Morgan fingerprint density at radius 1 is 1.15 bits per heavy atom. The van der Waals surface area contributed by atoms with E-state index in [0.29, 0.717) is 15.8 Å². The molecular weight excluding hydrogens is 323 g/mol. The van der Waals surface area contributed by atoms with E-state index >= 15 is 0 Å². The number of halogens is 2. The first kappa shape index (κ1) is 13.1. The zero-order valence-corrected chi connectivity index (χ0v) is 12.0. The van der Waals surface area contributed by atoms with Crippen LogP contribution in [0.5, 0.6) is 0 Å². The van der Waals surface area contributed by atoms with Crippen LogP contribution < -0.4 is 0 Å². The monoisotopic (exact) mass is 332 g/mol. The van der Waals surface area contributed by atoms with Crippen molar-refractivity contribution in [3.8, 4) is 0 Å². The molecule has 2 nitrogen and oxygen atoms in total. The third-order valence-electron chi connectivity index (χ3n) is 3.07. The zero-order chi connectivity index (χ0) is 14.1. The summed E-state index contributed by atoms with van der Waals surface area (Å²) in [4.78, 5) is 12.2. The first-order valence-electron chi connectivity index (χ1n) is 6.09. The molecular formula is C16H10BrFO2. The summed E-state index contributed by atoms with van der Waals surface area (Å²) in [7, 11) is 0. The fourth-order valence-electron chi connectivity index (χ4n) is 2.04. The Balaban J connectivity index is 1.89. The van der Waals surface area contributed by atoms with E-state index in [9.17, 15) is 9.18 Å². The molecule has 0 N–H and O–H groups in total. The van der Waals surface area contributed by atoms with Crippen molar-refractivity contribution in [1.29, 1.82) is 0 Å². The third kappa shape index (κ3) is 2.51. The van der Waals surface area contributed by atoms with Gasteiger partial charge in [-0.05, 0) is 29.8 Å². The van der Waals surface area contributed by atoms with Crippen molar-refractivity contribution >= 4 is 32.7 Å². The molecule has 0 radical (unpaired) electrons. The quantitative estimate of drug-likeness (QED) is 0.647. The van der Waals surface area contributed by atoms with E-state index in [0.717, 1.165) is 10.9 Å². The molecule has 0 atom stereocenters. The predicted molar refractivity (Wildman–Crippen MR) is 78.3 cm³/mol. The third-order valence-corrected chi connectivity index (χ3v) is 3.80. The minimum Gasteiger partial charge on any atom is -0.453 e. The largest absolute Gasteiger partial charge is 0.453 e. The lowest BCUT2D eigenvalue weighted by Gasteiger charge is -2.02. The predicted octanol–water partition coefficient (Wildman–Crippen LogP) is 4.76. The number of para-hydroxylation sites is 1. The molecule has 0 fully saturated rings. The summed E-state index contributed by atoms with van der Waals surface area (Å²) in [5, 5.41) is 0.897. The Hall–Kier alpha value is -1.94. The Morgan fingerprint density at radius 2 is 1.95 bits per heavy atom. The molecule has 1 heterocycles. The lowest BCUT2D eigenvalue weighted by molar-refractivity contribution is 0.0968. The molecule has 0 amide bonds. The maximum Gasteiger partial charge on any atom is 0.202 e. The van der Waals surface area contributed by atoms with Crippen molar-refractivity contribution in [2.45, 2.75) is 6.42 Å². The van der Waals surface area contributed by atoms with Crippen molar-refractivity contribution in [1.82, 2.24) is 0 Å². The van der Waals surface area contributed by atoms with Gasteiger partial charge in [0.15, 0.2) is 5.76 Å². The number of Topliss-reactive ketones (excluding diaryl/α,β-unsaturated/α-hetero) is 1. The maximum absolute atomic E-state index is 13.0. The van der Waals surface area contributed by atoms with Crippen LogP contribution in [0.2, 0.25) is 0 Å². The highest BCUT2D eigenvalue weighted by atomic mass is 79.9. The summed E-state index contributed by atoms with van der Waals surface area (Å²) >= 11 is 3.26. The zero-order valence-electron chi connectivity index (χ0n) is 10.4. The number of fused-ring (bicyclic) bond motifs is 1. The van der Waals surface area contributed by atoms with E-state index in [1.54, 1.807) is 12.1 Å². The average molecular weight is 333 g/mol. The second-order valence-electron chi connectivity index (χ2n) is 4.48. The molecule has 0 spiro atoms. The molecule has 0 saturated carbocycles. The number of carbonyl (C=O) groups is 1. The molecule has 100 valence electrons. The van der Waals surface area contributed by atoms with Gasteiger partial charge in [0.05, 0.1) is 0 Å². The Bertz CT molecular complexity index is 759. The number of furan rings is 1. The van der Waals surface area contributed by atoms with Crippen molar-refractivity contribution < 1.29 is 13.6 Å². The average Bonchev–Trinajstić information content (AvgIpc) is 2.86. The molecule has 3 aromatic rings. The molecule has 0 saturated heterocycles. The van der Waals surface area contributed by atoms with Gasteiger partial charge in [-0.15, -0.1) is 0 Å². The van der Waals surface area contributed by atoms with Gasteiger partial charge in [0.1, 0.15) is 11.4 Å². The molecule has 20 heavy (non-hydrogen) atoms. The minimum absolute atomic E-state index is 0.131. The van der Waals surface area contributed by atoms with Crippen LogP contribution in [-0.2, 0) is 6.42 Å². The molecule has 3 rings (SSSR count). The van der Waals surface area contributed by atoms with Crippen LogP contribution in [0.1, 0.15) is 16.1 Å². The van der Waals surface area contributed by atoms with Crippen LogP contribution >= 0.6 is 15.9 Å². The van der Waals surface area contributed by atoms with Gasteiger partial charge < -0.3 is 4.42 Å². The number of carbonyl (C=O) groups excluding carboxylic acids is 1. The van der Waals surface area contributed by atoms with Crippen molar-refractivity contribution in [3.63, 3.8) is 0 Å². The van der Waals surface area contributed by atoms with Gasteiger partial charge in [-0.2, -0.15) is 0 Å². The summed E-state index contributed by atoms with van der Waals surface area (Å²) in [6.45, 7) is 0. The fraction of sp³-hybridized carbons (Fsp3) is 0.0625. The van der Waals surface area contributed by atoms with Crippen LogP contribution in [0.4, 0.5) is 4.39 Å². The van der Waals surface area contributed by atoms with E-state index < -0.39 is 0 Å². The van der Waals surface area contributed by atoms with E-state index in [-0.39, 0.29) is 18.0 Å². The van der Waals surface area contributed by atoms with Gasteiger partial charge in [-0.25, -0.2) is 4.39 Å². The smallest absolute Gasteiger partial charge is 0.202 e. The normalized spacial score (nSPS) is 10.9. The summed E-state index contributed by atoms with van der Waals surface area (Å²) in [5.74, 6) is -0.146. The standard InChI is InChI=1S/C16H10BrFO2/c17-13-9-12(18)6-5-10(13)7-14(19)16-8-11-3-1-2-4-15(11)20-16/h1-6,8-9H,7H2. The van der Waals surface area contributed by atoms with Crippen molar-refractivity contribution in [2.75, 3.05) is 0 Å². The first-order chi connectivity index (χ1) is 9.63. The van der Waals surface area contributed by atoms with E-state index in [2.05, 4.69) is 15.9 Å². The van der Waals surface area contributed by atoms with Gasteiger partial charge in [-0.1, -0.05) is 40.2 Å². The van der Waals surface area contributed by atoms with Gasteiger partial charge >= 0.3 is 0 Å². The fourth-order valence-corrected chi connectivity index (χ4v) is 2.54. The second-order valence-corrected chi connectivity index (χ2v) is 5.34. The van der Waals surface area contributed by atoms with Crippen LogP contribution in [0.3, 0.4) is 0 Å². The number of benzene rings is 2. The first-order valence-corrected chi connectivity index (χ1v) is 6.88. The summed E-state index contributed by atoms with van der Waals surface area (Å²) in [6, 6.07) is 13.5.